The van der Waals surface area contributed by atoms with Gasteiger partial charge in [-0.2, -0.15) is 0 Å². The minimum absolute atomic E-state index is 0.106. The monoisotopic (exact) mass is 328 g/mol. The minimum Gasteiger partial charge on any atom is -0.462 e. The minimum atomic E-state index is -0.442. The highest BCUT2D eigenvalue weighted by Gasteiger charge is 2.19. The number of quaternary nitrogens is 1. The maximum Gasteiger partial charge on any atom is 0.341 e. The second-order valence-electron chi connectivity index (χ2n) is 4.45. The molecular formula is C14H22N3O4S+. The third-order valence-electron chi connectivity index (χ3n) is 2.82. The number of carbonyl (C=O) groups is 3. The number of likely N-dealkylation sites (N-methyl/N-ethyl adjacent to an activating group) is 1. The molecule has 1 aromatic rings. The second kappa shape index (κ2) is 9.16. The lowest BCUT2D eigenvalue weighted by atomic mass is 10.2. The number of carbonyl (C=O) groups excluding carboxylic acids is 3. The number of hydrogen-bond acceptors (Lipinski definition) is 5. The van der Waals surface area contributed by atoms with Crippen molar-refractivity contribution in [2.75, 3.05) is 32.1 Å². The summed E-state index contributed by atoms with van der Waals surface area (Å²) in [6.07, 6.45) is 0.774. The number of anilines is 1. The fourth-order valence-electron chi connectivity index (χ4n) is 1.68. The van der Waals surface area contributed by atoms with Gasteiger partial charge in [0.25, 0.3) is 11.8 Å². The first-order chi connectivity index (χ1) is 10.5. The first-order valence-corrected chi connectivity index (χ1v) is 7.95. The highest BCUT2D eigenvalue weighted by molar-refractivity contribution is 7.16. The van der Waals surface area contributed by atoms with Crippen molar-refractivity contribution in [3.05, 3.63) is 16.5 Å². The zero-order valence-corrected chi connectivity index (χ0v) is 13.8. The summed E-state index contributed by atoms with van der Waals surface area (Å²) in [5.41, 5.74) is 0.378. The van der Waals surface area contributed by atoms with Gasteiger partial charge in [-0.15, -0.1) is 11.3 Å². The van der Waals surface area contributed by atoms with E-state index in [0.717, 1.165) is 11.3 Å². The fourth-order valence-corrected chi connectivity index (χ4v) is 2.68. The second-order valence-corrected chi connectivity index (χ2v) is 5.58. The quantitative estimate of drug-likeness (QED) is 0.572. The van der Waals surface area contributed by atoms with Crippen LogP contribution in [0.4, 0.5) is 5.00 Å². The molecule has 0 fully saturated rings. The molecule has 22 heavy (non-hydrogen) atoms. The maximum atomic E-state index is 11.9. The highest BCUT2D eigenvalue weighted by Crippen LogP contribution is 2.29. The molecule has 0 saturated heterocycles. The molecule has 0 unspecified atom stereocenters. The number of rotatable bonds is 8. The van der Waals surface area contributed by atoms with Crippen LogP contribution < -0.4 is 16.0 Å². The maximum absolute atomic E-state index is 11.9. The number of ether oxygens (including phenoxy) is 1. The van der Waals surface area contributed by atoms with Gasteiger partial charge in [-0.05, 0) is 19.4 Å². The Morgan fingerprint density at radius 2 is 1.91 bits per heavy atom. The molecule has 0 bridgehead atoms. The standard InChI is InChI=1S/C14H21N3O4S/c1-4-9-6-10(14(20)21-5-2)13(22-9)17-12(19)8-16-7-11(18)15-3/h6,16H,4-5,7-8H2,1-3H3,(H,15,18)(H,17,19)/p+1. The van der Waals surface area contributed by atoms with Crippen LogP contribution in [0.2, 0.25) is 0 Å². The summed E-state index contributed by atoms with van der Waals surface area (Å²) in [5, 5.41) is 7.27. The van der Waals surface area contributed by atoms with Gasteiger partial charge < -0.3 is 20.7 Å². The lowest BCUT2D eigenvalue weighted by Crippen LogP contribution is -2.88. The molecule has 0 saturated carbocycles. The number of aryl methyl sites for hydroxylation is 1. The van der Waals surface area contributed by atoms with E-state index in [9.17, 15) is 14.4 Å². The summed E-state index contributed by atoms with van der Waals surface area (Å²) >= 11 is 1.36. The first kappa shape index (κ1) is 18.1. The van der Waals surface area contributed by atoms with Crippen LogP contribution in [0.25, 0.3) is 0 Å². The zero-order valence-electron chi connectivity index (χ0n) is 13.0. The van der Waals surface area contributed by atoms with Gasteiger partial charge in [0.15, 0.2) is 13.1 Å². The van der Waals surface area contributed by atoms with E-state index in [2.05, 4.69) is 10.6 Å². The molecule has 8 heteroatoms. The van der Waals surface area contributed by atoms with Crippen LogP contribution in [0.15, 0.2) is 6.07 Å². The molecule has 2 amide bonds. The normalized spacial score (nSPS) is 10.1. The molecule has 1 rings (SSSR count). The van der Waals surface area contributed by atoms with Crippen LogP contribution >= 0.6 is 11.3 Å². The third-order valence-corrected chi connectivity index (χ3v) is 4.01. The van der Waals surface area contributed by atoms with Gasteiger partial charge in [0.2, 0.25) is 0 Å². The van der Waals surface area contributed by atoms with E-state index in [1.807, 2.05) is 6.92 Å². The van der Waals surface area contributed by atoms with Gasteiger partial charge >= 0.3 is 5.97 Å². The van der Waals surface area contributed by atoms with E-state index in [0.29, 0.717) is 10.6 Å². The van der Waals surface area contributed by atoms with E-state index >= 15 is 0 Å². The van der Waals surface area contributed by atoms with Crippen molar-refractivity contribution in [3.63, 3.8) is 0 Å². The van der Waals surface area contributed by atoms with Crippen molar-refractivity contribution in [2.24, 2.45) is 0 Å². The number of hydrogen-bond donors (Lipinski definition) is 3. The Morgan fingerprint density at radius 1 is 1.23 bits per heavy atom. The molecule has 0 aliphatic rings. The Balaban J connectivity index is 2.67. The summed E-state index contributed by atoms with van der Waals surface area (Å²) in [4.78, 5) is 35.9. The van der Waals surface area contributed by atoms with Gasteiger partial charge in [-0.1, -0.05) is 6.92 Å². The molecule has 0 aliphatic carbocycles. The van der Waals surface area contributed by atoms with E-state index in [-0.39, 0.29) is 31.5 Å². The third kappa shape index (κ3) is 5.45. The number of esters is 1. The Morgan fingerprint density at radius 3 is 2.50 bits per heavy atom. The van der Waals surface area contributed by atoms with Crippen LogP contribution in [-0.4, -0.2) is 44.5 Å². The average molecular weight is 328 g/mol. The molecule has 0 radical (unpaired) electrons. The van der Waals surface area contributed by atoms with Crippen molar-refractivity contribution >= 4 is 34.1 Å². The van der Waals surface area contributed by atoms with Crippen molar-refractivity contribution in [1.82, 2.24) is 5.32 Å². The molecule has 4 N–H and O–H groups in total. The topological polar surface area (TPSA) is 101 Å². The summed E-state index contributed by atoms with van der Waals surface area (Å²) < 4.78 is 4.99. The SMILES string of the molecule is CCOC(=O)c1cc(CC)sc1NC(=O)C[NH2+]CC(=O)NC. The molecular weight excluding hydrogens is 306 g/mol. The summed E-state index contributed by atoms with van der Waals surface area (Å²) in [6.45, 7) is 4.28. The first-order valence-electron chi connectivity index (χ1n) is 7.13. The zero-order chi connectivity index (χ0) is 16.5. The molecule has 7 nitrogen and oxygen atoms in total. The van der Waals surface area contributed by atoms with Gasteiger partial charge in [0.1, 0.15) is 5.00 Å². The molecule has 122 valence electrons. The van der Waals surface area contributed by atoms with Crippen molar-refractivity contribution in [2.45, 2.75) is 20.3 Å². The predicted octanol–water partition coefficient (Wildman–Crippen LogP) is -0.265. The molecule has 0 spiro atoms. The summed E-state index contributed by atoms with van der Waals surface area (Å²) in [6, 6.07) is 1.74. The Bertz CT molecular complexity index is 542. The number of nitrogens with two attached hydrogens (primary N) is 1. The number of thiophene rings is 1. The van der Waals surface area contributed by atoms with E-state index in [4.69, 9.17) is 4.74 Å². The van der Waals surface area contributed by atoms with E-state index in [1.54, 1.807) is 25.4 Å². The Kier molecular flexibility index (Phi) is 7.55. The average Bonchev–Trinajstić information content (AvgIpc) is 2.90. The van der Waals surface area contributed by atoms with Crippen molar-refractivity contribution < 1.29 is 24.4 Å². The largest absolute Gasteiger partial charge is 0.462 e. The van der Waals surface area contributed by atoms with Crippen LogP contribution in [0, 0.1) is 0 Å². The molecule has 1 aromatic heterocycles. The smallest absolute Gasteiger partial charge is 0.341 e. The van der Waals surface area contributed by atoms with Crippen LogP contribution in [0.3, 0.4) is 0 Å². The predicted molar refractivity (Wildman–Crippen MR) is 84.0 cm³/mol. The summed E-state index contributed by atoms with van der Waals surface area (Å²) in [5.74, 6) is -0.855. The molecule has 0 aromatic carbocycles. The summed E-state index contributed by atoms with van der Waals surface area (Å²) in [7, 11) is 1.54. The molecule has 1 heterocycles. The van der Waals surface area contributed by atoms with Crippen molar-refractivity contribution in [1.29, 1.82) is 0 Å². The Hall–Kier alpha value is -1.93. The number of amides is 2. The van der Waals surface area contributed by atoms with E-state index < -0.39 is 5.97 Å². The van der Waals surface area contributed by atoms with E-state index in [1.165, 1.54) is 11.3 Å². The van der Waals surface area contributed by atoms with Crippen LogP contribution in [0.1, 0.15) is 29.1 Å². The van der Waals surface area contributed by atoms with Crippen LogP contribution in [-0.2, 0) is 20.7 Å². The molecule has 0 aliphatic heterocycles. The van der Waals surface area contributed by atoms with Gasteiger partial charge in [0, 0.05) is 11.9 Å². The van der Waals surface area contributed by atoms with Crippen molar-refractivity contribution in [3.8, 4) is 0 Å². The fraction of sp³-hybridized carbons (Fsp3) is 0.500. The lowest BCUT2D eigenvalue weighted by Gasteiger charge is -2.05. The van der Waals surface area contributed by atoms with Gasteiger partial charge in [0.05, 0.1) is 12.2 Å². The van der Waals surface area contributed by atoms with Gasteiger partial charge in [-0.25, -0.2) is 4.79 Å². The van der Waals surface area contributed by atoms with Crippen LogP contribution in [0.5, 0.6) is 0 Å². The molecule has 0 atom stereocenters. The number of nitrogens with one attached hydrogen (secondary N) is 2. The lowest BCUT2D eigenvalue weighted by molar-refractivity contribution is -0.632. The van der Waals surface area contributed by atoms with Gasteiger partial charge in [-0.3, -0.25) is 9.59 Å². The highest BCUT2D eigenvalue weighted by atomic mass is 32.1. The Labute approximate surface area is 133 Å².